The first kappa shape index (κ1) is 17.1. The van der Waals surface area contributed by atoms with Gasteiger partial charge in [0, 0.05) is 18.3 Å². The van der Waals surface area contributed by atoms with Crippen molar-refractivity contribution in [2.75, 3.05) is 18.4 Å². The van der Waals surface area contributed by atoms with Gasteiger partial charge in [0.25, 0.3) is 0 Å². The molecule has 1 aliphatic rings. The number of hydrogen-bond donors (Lipinski definition) is 2. The molecule has 0 aliphatic carbocycles. The highest BCUT2D eigenvalue weighted by Gasteiger charge is 2.17. The lowest BCUT2D eigenvalue weighted by atomic mass is 9.90. The maximum absolute atomic E-state index is 3.73. The third kappa shape index (κ3) is 3.76. The molecule has 1 aliphatic heterocycles. The van der Waals surface area contributed by atoms with Crippen LogP contribution in [0.15, 0.2) is 66.7 Å². The summed E-state index contributed by atoms with van der Waals surface area (Å²) < 4.78 is 0. The Hall–Kier alpha value is -2.32. The van der Waals surface area contributed by atoms with Gasteiger partial charge in [0.1, 0.15) is 0 Å². The van der Waals surface area contributed by atoms with Crippen LogP contribution in [0.25, 0.3) is 10.8 Å². The summed E-state index contributed by atoms with van der Waals surface area (Å²) in [5.41, 5.74) is 4.20. The first-order chi connectivity index (χ1) is 12.8. The molecule has 0 saturated heterocycles. The minimum Gasteiger partial charge on any atom is -0.385 e. The van der Waals surface area contributed by atoms with Crippen molar-refractivity contribution in [3.05, 3.63) is 77.9 Å². The van der Waals surface area contributed by atoms with Gasteiger partial charge in [-0.2, -0.15) is 0 Å². The molecule has 2 atom stereocenters. The number of benzene rings is 3. The van der Waals surface area contributed by atoms with Gasteiger partial charge in [-0.3, -0.25) is 0 Å². The summed E-state index contributed by atoms with van der Waals surface area (Å²) in [6.45, 7) is 4.46. The highest BCUT2D eigenvalue weighted by Crippen LogP contribution is 2.27. The number of anilines is 1. The van der Waals surface area contributed by atoms with Crippen LogP contribution in [0.3, 0.4) is 0 Å². The lowest BCUT2D eigenvalue weighted by Gasteiger charge is -2.26. The van der Waals surface area contributed by atoms with Gasteiger partial charge >= 0.3 is 0 Å². The Kier molecular flexibility index (Phi) is 5.21. The monoisotopic (exact) mass is 344 g/mol. The Labute approximate surface area is 156 Å². The zero-order chi connectivity index (χ0) is 17.8. The molecule has 2 nitrogen and oxygen atoms in total. The minimum atomic E-state index is 0.381. The van der Waals surface area contributed by atoms with Crippen molar-refractivity contribution in [2.24, 2.45) is 5.92 Å². The second kappa shape index (κ2) is 7.92. The fraction of sp³-hybridized carbons (Fsp3) is 0.333. The summed E-state index contributed by atoms with van der Waals surface area (Å²) in [6.07, 6.45) is 3.71. The van der Waals surface area contributed by atoms with E-state index in [1.165, 1.54) is 46.8 Å². The van der Waals surface area contributed by atoms with Gasteiger partial charge < -0.3 is 10.6 Å². The van der Waals surface area contributed by atoms with Crippen molar-refractivity contribution in [1.29, 1.82) is 0 Å². The third-order valence-electron chi connectivity index (χ3n) is 5.64. The molecule has 0 bridgehead atoms. The Morgan fingerprint density at radius 2 is 1.81 bits per heavy atom. The van der Waals surface area contributed by atoms with E-state index < -0.39 is 0 Å². The SMILES string of the molecule is CC(NCCCC1CNc2ccccc2C1)c1cccc2ccccc12. The van der Waals surface area contributed by atoms with Gasteiger partial charge in [0.15, 0.2) is 0 Å². The van der Waals surface area contributed by atoms with Gasteiger partial charge in [0.2, 0.25) is 0 Å². The summed E-state index contributed by atoms with van der Waals surface area (Å²) >= 11 is 0. The van der Waals surface area contributed by atoms with E-state index in [-0.39, 0.29) is 0 Å². The van der Waals surface area contributed by atoms with Crippen LogP contribution in [0.2, 0.25) is 0 Å². The highest BCUT2D eigenvalue weighted by atomic mass is 14.9. The van der Waals surface area contributed by atoms with Crippen molar-refractivity contribution < 1.29 is 0 Å². The van der Waals surface area contributed by atoms with Crippen LogP contribution in [0.1, 0.15) is 36.9 Å². The predicted molar refractivity (Wildman–Crippen MR) is 112 cm³/mol. The van der Waals surface area contributed by atoms with E-state index in [1.807, 2.05) is 0 Å². The maximum atomic E-state index is 3.73. The molecule has 3 aromatic rings. The van der Waals surface area contributed by atoms with Crippen LogP contribution in [0.4, 0.5) is 5.69 Å². The van der Waals surface area contributed by atoms with Crippen LogP contribution in [-0.4, -0.2) is 13.1 Å². The van der Waals surface area contributed by atoms with Gasteiger partial charge in [-0.25, -0.2) is 0 Å². The molecule has 4 rings (SSSR count). The van der Waals surface area contributed by atoms with E-state index in [4.69, 9.17) is 0 Å². The van der Waals surface area contributed by atoms with E-state index in [9.17, 15) is 0 Å². The molecule has 0 radical (unpaired) electrons. The molecule has 0 aromatic heterocycles. The fourth-order valence-electron chi connectivity index (χ4n) is 4.16. The molecule has 134 valence electrons. The standard InChI is InChI=1S/C24H28N2/c1-18(22-13-6-11-20-9-2-4-12-23(20)22)25-15-7-8-19-16-21-10-3-5-14-24(21)26-17-19/h2-6,9-14,18-19,25-26H,7-8,15-17H2,1H3. The van der Waals surface area contributed by atoms with Crippen molar-refractivity contribution in [2.45, 2.75) is 32.2 Å². The molecule has 26 heavy (non-hydrogen) atoms. The zero-order valence-corrected chi connectivity index (χ0v) is 15.5. The largest absolute Gasteiger partial charge is 0.385 e. The first-order valence-corrected chi connectivity index (χ1v) is 9.84. The molecule has 1 heterocycles. The Balaban J connectivity index is 1.28. The molecule has 0 saturated carbocycles. The van der Waals surface area contributed by atoms with Crippen molar-refractivity contribution >= 4 is 16.5 Å². The van der Waals surface area contributed by atoms with Crippen LogP contribution in [0, 0.1) is 5.92 Å². The van der Waals surface area contributed by atoms with Crippen molar-refractivity contribution in [3.8, 4) is 0 Å². The zero-order valence-electron chi connectivity index (χ0n) is 15.5. The Bertz CT molecular complexity index is 865. The highest BCUT2D eigenvalue weighted by molar-refractivity contribution is 5.86. The third-order valence-corrected chi connectivity index (χ3v) is 5.64. The van der Waals surface area contributed by atoms with Crippen LogP contribution < -0.4 is 10.6 Å². The van der Waals surface area contributed by atoms with E-state index in [2.05, 4.69) is 84.3 Å². The molecule has 0 amide bonds. The molecular formula is C24H28N2. The van der Waals surface area contributed by atoms with E-state index in [1.54, 1.807) is 0 Å². The quantitative estimate of drug-likeness (QED) is 0.572. The molecule has 2 N–H and O–H groups in total. The van der Waals surface area contributed by atoms with Crippen LogP contribution in [0.5, 0.6) is 0 Å². The number of hydrogen-bond acceptors (Lipinski definition) is 2. The van der Waals surface area contributed by atoms with E-state index in [0.29, 0.717) is 6.04 Å². The summed E-state index contributed by atoms with van der Waals surface area (Å²) in [4.78, 5) is 0. The Morgan fingerprint density at radius 1 is 1.00 bits per heavy atom. The van der Waals surface area contributed by atoms with Gasteiger partial charge in [-0.05, 0) is 66.6 Å². The van der Waals surface area contributed by atoms with Crippen molar-refractivity contribution in [1.82, 2.24) is 5.32 Å². The summed E-state index contributed by atoms with van der Waals surface area (Å²) in [5, 5.41) is 10.0. The fourth-order valence-corrected chi connectivity index (χ4v) is 4.16. The van der Waals surface area contributed by atoms with E-state index in [0.717, 1.165) is 19.0 Å². The number of rotatable bonds is 6. The van der Waals surface area contributed by atoms with Crippen LogP contribution in [-0.2, 0) is 6.42 Å². The topological polar surface area (TPSA) is 24.1 Å². The minimum absolute atomic E-state index is 0.381. The van der Waals surface area contributed by atoms with E-state index >= 15 is 0 Å². The Morgan fingerprint density at radius 3 is 2.77 bits per heavy atom. The molecule has 3 aromatic carbocycles. The second-order valence-electron chi connectivity index (χ2n) is 7.49. The summed E-state index contributed by atoms with van der Waals surface area (Å²) in [7, 11) is 0. The lowest BCUT2D eigenvalue weighted by molar-refractivity contribution is 0.453. The average Bonchev–Trinajstić information content (AvgIpc) is 2.70. The predicted octanol–water partition coefficient (Wildman–Crippen LogP) is 5.56. The second-order valence-corrected chi connectivity index (χ2v) is 7.49. The summed E-state index contributed by atoms with van der Waals surface area (Å²) in [5.74, 6) is 0.750. The smallest absolute Gasteiger partial charge is 0.0372 e. The molecule has 0 spiro atoms. The average molecular weight is 345 g/mol. The van der Waals surface area contributed by atoms with Gasteiger partial charge in [-0.15, -0.1) is 0 Å². The molecule has 2 heteroatoms. The van der Waals surface area contributed by atoms with Gasteiger partial charge in [0.05, 0.1) is 0 Å². The number of fused-ring (bicyclic) bond motifs is 2. The summed E-state index contributed by atoms with van der Waals surface area (Å²) in [6, 6.07) is 24.4. The maximum Gasteiger partial charge on any atom is 0.0372 e. The number of nitrogens with one attached hydrogen (secondary N) is 2. The normalized spacial score (nSPS) is 17.5. The molecule has 0 fully saturated rings. The van der Waals surface area contributed by atoms with Crippen LogP contribution >= 0.6 is 0 Å². The van der Waals surface area contributed by atoms with Gasteiger partial charge in [-0.1, -0.05) is 60.7 Å². The first-order valence-electron chi connectivity index (χ1n) is 9.84. The molecule has 2 unspecified atom stereocenters. The molecular weight excluding hydrogens is 316 g/mol. The number of para-hydroxylation sites is 1. The lowest BCUT2D eigenvalue weighted by Crippen LogP contribution is -2.25. The van der Waals surface area contributed by atoms with Crippen molar-refractivity contribution in [3.63, 3.8) is 0 Å².